The summed E-state index contributed by atoms with van der Waals surface area (Å²) >= 11 is 0. The van der Waals surface area contributed by atoms with Crippen molar-refractivity contribution >= 4 is 5.88 Å². The van der Waals surface area contributed by atoms with Crippen molar-refractivity contribution in [3.63, 3.8) is 0 Å². The highest BCUT2D eigenvalue weighted by Crippen LogP contribution is 2.70. The van der Waals surface area contributed by atoms with Gasteiger partial charge in [-0.3, -0.25) is 0 Å². The van der Waals surface area contributed by atoms with Crippen molar-refractivity contribution in [1.29, 1.82) is 5.26 Å². The molecule has 4 aliphatic carbocycles. The second-order valence-corrected chi connectivity index (χ2v) is 8.74. The third kappa shape index (κ3) is 1.97. The van der Waals surface area contributed by atoms with Crippen molar-refractivity contribution in [3.8, 4) is 6.07 Å². The zero-order valence-corrected chi connectivity index (χ0v) is 12.9. The summed E-state index contributed by atoms with van der Waals surface area (Å²) in [4.78, 5) is 4.30. The molecule has 0 aromatic carbocycles. The lowest BCUT2D eigenvalue weighted by atomic mass is 9.40. The van der Waals surface area contributed by atoms with E-state index in [0.29, 0.717) is 22.1 Å². The van der Waals surface area contributed by atoms with Gasteiger partial charge in [-0.25, -0.2) is 4.98 Å². The molecule has 5 rings (SSSR count). The van der Waals surface area contributed by atoms with E-state index in [1.807, 2.05) is 6.07 Å². The molecule has 4 aliphatic rings. The largest absolute Gasteiger partial charge is 0.424 e. The molecule has 1 aromatic heterocycles. The predicted molar refractivity (Wildman–Crippen MR) is 79.2 cm³/mol. The van der Waals surface area contributed by atoms with E-state index < -0.39 is 0 Å². The molecule has 0 radical (unpaired) electrons. The van der Waals surface area contributed by atoms with Crippen LogP contribution in [0.25, 0.3) is 0 Å². The molecule has 2 N–H and O–H groups in total. The van der Waals surface area contributed by atoms with Gasteiger partial charge in [0.05, 0.1) is 0 Å². The Kier molecular flexibility index (Phi) is 2.40. The van der Waals surface area contributed by atoms with E-state index in [4.69, 9.17) is 15.4 Å². The van der Waals surface area contributed by atoms with Crippen LogP contribution in [0.3, 0.4) is 0 Å². The molecule has 0 amide bonds. The summed E-state index contributed by atoms with van der Waals surface area (Å²) in [6, 6.07) is 2.01. The van der Waals surface area contributed by atoms with Crippen LogP contribution in [0.15, 0.2) is 4.42 Å². The maximum Gasteiger partial charge on any atom is 0.229 e. The number of aromatic nitrogens is 1. The lowest BCUT2D eigenvalue weighted by Crippen LogP contribution is -2.55. The maximum atomic E-state index is 8.99. The maximum absolute atomic E-state index is 8.99. The molecule has 0 aliphatic heterocycles. The van der Waals surface area contributed by atoms with E-state index in [1.54, 1.807) is 0 Å². The number of rotatable bonds is 2. The van der Waals surface area contributed by atoms with Gasteiger partial charge in [-0.1, -0.05) is 13.8 Å². The number of nitrogens with zero attached hydrogens (tertiary/aromatic N) is 2. The molecule has 2 unspecified atom stereocenters. The van der Waals surface area contributed by atoms with Gasteiger partial charge in [0.15, 0.2) is 5.89 Å². The first-order valence-corrected chi connectivity index (χ1v) is 7.98. The van der Waals surface area contributed by atoms with Gasteiger partial charge in [-0.05, 0) is 60.7 Å². The highest BCUT2D eigenvalue weighted by Gasteiger charge is 2.60. The third-order valence-corrected chi connectivity index (χ3v) is 6.07. The Bertz CT molecular complexity index is 623. The molecular weight excluding hydrogens is 262 g/mol. The first-order chi connectivity index (χ1) is 9.83. The quantitative estimate of drug-likeness (QED) is 0.899. The summed E-state index contributed by atoms with van der Waals surface area (Å²) in [6.45, 7) is 4.93. The number of nitrogen functional groups attached to an aromatic ring is 1. The third-order valence-electron chi connectivity index (χ3n) is 6.07. The molecule has 4 heteroatoms. The zero-order chi connectivity index (χ0) is 14.9. The fourth-order valence-electron chi connectivity index (χ4n) is 6.74. The zero-order valence-electron chi connectivity index (χ0n) is 12.9. The van der Waals surface area contributed by atoms with Crippen molar-refractivity contribution in [2.24, 2.45) is 22.2 Å². The molecule has 4 saturated carbocycles. The summed E-state index contributed by atoms with van der Waals surface area (Å²) in [6.07, 6.45) is 8.84. The average Bonchev–Trinajstić information content (AvgIpc) is 2.63. The molecular formula is C17H23N3O. The van der Waals surface area contributed by atoms with Crippen LogP contribution in [0.1, 0.15) is 64.0 Å². The average molecular weight is 285 g/mol. The summed E-state index contributed by atoms with van der Waals surface area (Å²) in [5.41, 5.74) is 7.26. The molecule has 0 spiro atoms. The molecule has 21 heavy (non-hydrogen) atoms. The topological polar surface area (TPSA) is 75.8 Å². The van der Waals surface area contributed by atoms with Gasteiger partial charge in [0.2, 0.25) is 11.6 Å². The van der Waals surface area contributed by atoms with E-state index in [2.05, 4.69) is 18.8 Å². The summed E-state index contributed by atoms with van der Waals surface area (Å²) in [7, 11) is 0. The smallest absolute Gasteiger partial charge is 0.229 e. The van der Waals surface area contributed by atoms with Crippen LogP contribution in [-0.4, -0.2) is 4.98 Å². The van der Waals surface area contributed by atoms with Gasteiger partial charge in [0, 0.05) is 6.42 Å². The SMILES string of the molecule is CC12CC3CC(C)(C1)CC(Cc1nc(C#N)c(N)o1)(C3)C2. The van der Waals surface area contributed by atoms with Crippen molar-refractivity contribution in [2.45, 2.75) is 58.8 Å². The highest BCUT2D eigenvalue weighted by molar-refractivity contribution is 5.40. The first kappa shape index (κ1) is 13.2. The number of nitrogens with two attached hydrogens (primary N) is 1. The van der Waals surface area contributed by atoms with Gasteiger partial charge in [0.25, 0.3) is 0 Å². The monoisotopic (exact) mass is 285 g/mol. The Morgan fingerprint density at radius 3 is 2.43 bits per heavy atom. The van der Waals surface area contributed by atoms with Crippen molar-refractivity contribution in [3.05, 3.63) is 11.6 Å². The molecule has 112 valence electrons. The minimum Gasteiger partial charge on any atom is -0.424 e. The Labute approximate surface area is 125 Å². The Hall–Kier alpha value is -1.50. The van der Waals surface area contributed by atoms with Crippen molar-refractivity contribution in [2.75, 3.05) is 5.73 Å². The van der Waals surface area contributed by atoms with Gasteiger partial charge < -0.3 is 10.2 Å². The number of hydrogen-bond acceptors (Lipinski definition) is 4. The number of oxazole rings is 1. The molecule has 4 bridgehead atoms. The normalized spacial score (nSPS) is 44.0. The van der Waals surface area contributed by atoms with Crippen LogP contribution < -0.4 is 5.73 Å². The van der Waals surface area contributed by atoms with E-state index in [-0.39, 0.29) is 11.6 Å². The van der Waals surface area contributed by atoms with Crippen LogP contribution in [0.4, 0.5) is 5.88 Å². The fourth-order valence-corrected chi connectivity index (χ4v) is 6.74. The minimum absolute atomic E-state index is 0.176. The molecule has 1 heterocycles. The second-order valence-electron chi connectivity index (χ2n) is 8.74. The van der Waals surface area contributed by atoms with Crippen LogP contribution in [-0.2, 0) is 6.42 Å². The molecule has 4 nitrogen and oxygen atoms in total. The van der Waals surface area contributed by atoms with Crippen molar-refractivity contribution in [1.82, 2.24) is 4.98 Å². The standard InChI is InChI=1S/C17H23N3O/c1-15-3-11-4-16(2,8-15)10-17(5-11,9-15)6-13-20-12(7-18)14(19)21-13/h11H,3-6,8-10,19H2,1-2H3. The van der Waals surface area contributed by atoms with Gasteiger partial charge in [-0.2, -0.15) is 5.26 Å². The highest BCUT2D eigenvalue weighted by atomic mass is 16.4. The van der Waals surface area contributed by atoms with E-state index in [1.165, 1.54) is 38.5 Å². The fraction of sp³-hybridized carbons (Fsp3) is 0.765. The van der Waals surface area contributed by atoms with Gasteiger partial charge >= 0.3 is 0 Å². The lowest BCUT2D eigenvalue weighted by molar-refractivity contribution is -0.145. The van der Waals surface area contributed by atoms with E-state index >= 15 is 0 Å². The summed E-state index contributed by atoms with van der Waals surface area (Å²) in [5.74, 6) is 1.70. The van der Waals surface area contributed by atoms with Crippen molar-refractivity contribution < 1.29 is 4.42 Å². The van der Waals surface area contributed by atoms with Crippen LogP contribution >= 0.6 is 0 Å². The van der Waals surface area contributed by atoms with Crippen LogP contribution in [0.2, 0.25) is 0 Å². The number of hydrogen-bond donors (Lipinski definition) is 1. The van der Waals surface area contributed by atoms with Crippen LogP contribution in [0.5, 0.6) is 0 Å². The molecule has 0 saturated heterocycles. The Morgan fingerprint density at radius 2 is 1.90 bits per heavy atom. The number of nitriles is 1. The van der Waals surface area contributed by atoms with Gasteiger partial charge in [0.1, 0.15) is 6.07 Å². The lowest BCUT2D eigenvalue weighted by Gasteiger charge is -2.65. The summed E-state index contributed by atoms with van der Waals surface area (Å²) < 4.78 is 5.55. The Balaban J connectivity index is 1.66. The van der Waals surface area contributed by atoms with Gasteiger partial charge in [-0.15, -0.1) is 0 Å². The second kappa shape index (κ2) is 3.82. The van der Waals surface area contributed by atoms with E-state index in [0.717, 1.165) is 12.3 Å². The summed E-state index contributed by atoms with van der Waals surface area (Å²) in [5, 5.41) is 8.99. The minimum atomic E-state index is 0.176. The molecule has 2 atom stereocenters. The van der Waals surface area contributed by atoms with E-state index in [9.17, 15) is 0 Å². The first-order valence-electron chi connectivity index (χ1n) is 7.98. The molecule has 4 fully saturated rings. The number of anilines is 1. The predicted octanol–water partition coefficient (Wildman–Crippen LogP) is 3.67. The van der Waals surface area contributed by atoms with Crippen LogP contribution in [0, 0.1) is 33.5 Å². The molecule has 1 aromatic rings. The Morgan fingerprint density at radius 1 is 1.24 bits per heavy atom.